The summed E-state index contributed by atoms with van der Waals surface area (Å²) >= 11 is 0. The third-order valence-electron chi connectivity index (χ3n) is 3.00. The fourth-order valence-corrected chi connectivity index (χ4v) is 1.92. The summed E-state index contributed by atoms with van der Waals surface area (Å²) in [5.74, 6) is 0.754. The summed E-state index contributed by atoms with van der Waals surface area (Å²) in [7, 11) is 0. The van der Waals surface area contributed by atoms with E-state index in [0.29, 0.717) is 17.3 Å². The predicted octanol–water partition coefficient (Wildman–Crippen LogP) is 3.77. The van der Waals surface area contributed by atoms with Gasteiger partial charge in [0.15, 0.2) is 0 Å². The second-order valence-electron chi connectivity index (χ2n) is 5.28. The van der Waals surface area contributed by atoms with Crippen molar-refractivity contribution in [3.05, 3.63) is 23.8 Å². The molecule has 18 heavy (non-hydrogen) atoms. The first kappa shape index (κ1) is 14.4. The highest BCUT2D eigenvalue weighted by molar-refractivity contribution is 5.68. The van der Waals surface area contributed by atoms with Crippen molar-refractivity contribution in [1.29, 1.82) is 5.26 Å². The first-order valence-electron chi connectivity index (χ1n) is 6.59. The van der Waals surface area contributed by atoms with Crippen LogP contribution in [0.1, 0.15) is 45.6 Å². The minimum absolute atomic E-state index is 0.375. The molecule has 3 nitrogen and oxygen atoms in total. The first-order chi connectivity index (χ1) is 8.52. The van der Waals surface area contributed by atoms with Gasteiger partial charge < -0.3 is 11.1 Å². The quantitative estimate of drug-likeness (QED) is 0.750. The molecule has 0 spiro atoms. The van der Waals surface area contributed by atoms with Gasteiger partial charge in [0.1, 0.15) is 0 Å². The normalized spacial score (nSPS) is 12.2. The SMILES string of the molecule is CC(C)CCCC(C)Nc1cc(C#N)ccc1N. The van der Waals surface area contributed by atoms with E-state index in [1.165, 1.54) is 12.8 Å². The van der Waals surface area contributed by atoms with Gasteiger partial charge in [0.05, 0.1) is 23.0 Å². The van der Waals surface area contributed by atoms with Crippen LogP contribution < -0.4 is 11.1 Å². The van der Waals surface area contributed by atoms with Crippen LogP contribution in [0.5, 0.6) is 0 Å². The van der Waals surface area contributed by atoms with Crippen LogP contribution in [0.4, 0.5) is 11.4 Å². The molecule has 1 unspecified atom stereocenters. The number of nitrogens with zero attached hydrogens (tertiary/aromatic N) is 1. The van der Waals surface area contributed by atoms with Gasteiger partial charge in [0, 0.05) is 6.04 Å². The van der Waals surface area contributed by atoms with E-state index in [-0.39, 0.29) is 0 Å². The molecule has 1 aromatic rings. The number of hydrogen-bond donors (Lipinski definition) is 2. The number of anilines is 2. The number of hydrogen-bond acceptors (Lipinski definition) is 3. The van der Waals surface area contributed by atoms with Gasteiger partial charge in [-0.3, -0.25) is 0 Å². The van der Waals surface area contributed by atoms with E-state index in [1.54, 1.807) is 12.1 Å². The zero-order valence-corrected chi connectivity index (χ0v) is 11.5. The molecule has 1 atom stereocenters. The van der Waals surface area contributed by atoms with Gasteiger partial charge in [-0.15, -0.1) is 0 Å². The van der Waals surface area contributed by atoms with Gasteiger partial charge in [-0.05, 0) is 37.5 Å². The van der Waals surface area contributed by atoms with Crippen molar-refractivity contribution < 1.29 is 0 Å². The molecule has 3 N–H and O–H groups in total. The smallest absolute Gasteiger partial charge is 0.0992 e. The minimum atomic E-state index is 0.375. The Labute approximate surface area is 110 Å². The summed E-state index contributed by atoms with van der Waals surface area (Å²) < 4.78 is 0. The maximum absolute atomic E-state index is 8.87. The van der Waals surface area contributed by atoms with Crippen molar-refractivity contribution in [2.24, 2.45) is 5.92 Å². The van der Waals surface area contributed by atoms with Crippen LogP contribution in [0.3, 0.4) is 0 Å². The molecule has 0 heterocycles. The van der Waals surface area contributed by atoms with Crippen LogP contribution in [-0.4, -0.2) is 6.04 Å². The van der Waals surface area contributed by atoms with Crippen molar-refractivity contribution in [1.82, 2.24) is 0 Å². The van der Waals surface area contributed by atoms with Crippen LogP contribution in [0.25, 0.3) is 0 Å². The van der Waals surface area contributed by atoms with E-state index in [2.05, 4.69) is 32.2 Å². The second kappa shape index (κ2) is 6.90. The second-order valence-corrected chi connectivity index (χ2v) is 5.28. The topological polar surface area (TPSA) is 61.8 Å². The lowest BCUT2D eigenvalue weighted by Gasteiger charge is -2.17. The standard InChI is InChI=1S/C15H23N3/c1-11(2)5-4-6-12(3)18-15-9-13(10-16)7-8-14(15)17/h7-9,11-12,18H,4-6,17H2,1-3H3. The lowest BCUT2D eigenvalue weighted by atomic mass is 10.0. The Morgan fingerprint density at radius 3 is 2.61 bits per heavy atom. The van der Waals surface area contributed by atoms with E-state index in [0.717, 1.165) is 18.0 Å². The Kier molecular flexibility index (Phi) is 5.51. The Hall–Kier alpha value is -1.69. The Bertz CT molecular complexity index is 418. The number of rotatable bonds is 6. The van der Waals surface area contributed by atoms with Crippen LogP contribution in [-0.2, 0) is 0 Å². The molecule has 1 rings (SSSR count). The predicted molar refractivity (Wildman–Crippen MR) is 77.3 cm³/mol. The maximum Gasteiger partial charge on any atom is 0.0992 e. The van der Waals surface area contributed by atoms with Crippen LogP contribution >= 0.6 is 0 Å². The molecule has 0 aromatic heterocycles. The van der Waals surface area contributed by atoms with E-state index in [1.807, 2.05) is 6.07 Å². The first-order valence-corrected chi connectivity index (χ1v) is 6.59. The lowest BCUT2D eigenvalue weighted by Crippen LogP contribution is -2.16. The summed E-state index contributed by atoms with van der Waals surface area (Å²) in [5, 5.41) is 12.3. The van der Waals surface area contributed by atoms with Crippen molar-refractivity contribution in [3.8, 4) is 6.07 Å². The average Bonchev–Trinajstić information content (AvgIpc) is 2.31. The molecule has 0 amide bonds. The molecular formula is C15H23N3. The van der Waals surface area contributed by atoms with Gasteiger partial charge >= 0.3 is 0 Å². The molecule has 0 aliphatic carbocycles. The molecule has 98 valence electrons. The summed E-state index contributed by atoms with van der Waals surface area (Å²) in [5.41, 5.74) is 8.10. The summed E-state index contributed by atoms with van der Waals surface area (Å²) in [6.45, 7) is 6.64. The van der Waals surface area contributed by atoms with Gasteiger partial charge in [0.25, 0.3) is 0 Å². The number of nitrogens with one attached hydrogen (secondary N) is 1. The minimum Gasteiger partial charge on any atom is -0.397 e. The highest BCUT2D eigenvalue weighted by atomic mass is 14.9. The fraction of sp³-hybridized carbons (Fsp3) is 0.533. The number of benzene rings is 1. The van der Waals surface area contributed by atoms with Gasteiger partial charge in [-0.1, -0.05) is 26.7 Å². The maximum atomic E-state index is 8.87. The number of nitriles is 1. The summed E-state index contributed by atoms with van der Waals surface area (Å²) in [4.78, 5) is 0. The number of nitrogens with two attached hydrogens (primary N) is 1. The Morgan fingerprint density at radius 1 is 1.28 bits per heavy atom. The van der Waals surface area contributed by atoms with Gasteiger partial charge in [-0.25, -0.2) is 0 Å². The highest BCUT2D eigenvalue weighted by Gasteiger charge is 2.06. The third kappa shape index (κ3) is 4.67. The number of nitrogen functional groups attached to an aromatic ring is 1. The highest BCUT2D eigenvalue weighted by Crippen LogP contribution is 2.21. The zero-order chi connectivity index (χ0) is 13.5. The molecular weight excluding hydrogens is 222 g/mol. The lowest BCUT2D eigenvalue weighted by molar-refractivity contribution is 0.520. The molecule has 0 saturated carbocycles. The van der Waals surface area contributed by atoms with Crippen LogP contribution in [0.2, 0.25) is 0 Å². The van der Waals surface area contributed by atoms with Crippen LogP contribution in [0, 0.1) is 17.2 Å². The summed E-state index contributed by atoms with van der Waals surface area (Å²) in [6.07, 6.45) is 3.58. The largest absolute Gasteiger partial charge is 0.397 e. The van der Waals surface area contributed by atoms with E-state index in [9.17, 15) is 0 Å². The van der Waals surface area contributed by atoms with E-state index >= 15 is 0 Å². The fourth-order valence-electron chi connectivity index (χ4n) is 1.92. The molecule has 0 aliphatic rings. The van der Waals surface area contributed by atoms with Crippen molar-refractivity contribution in [2.45, 2.75) is 46.1 Å². The molecule has 0 bridgehead atoms. The molecule has 1 aromatic carbocycles. The van der Waals surface area contributed by atoms with Crippen molar-refractivity contribution >= 4 is 11.4 Å². The molecule has 3 heteroatoms. The third-order valence-corrected chi connectivity index (χ3v) is 3.00. The van der Waals surface area contributed by atoms with Gasteiger partial charge in [-0.2, -0.15) is 5.26 Å². The molecule has 0 fully saturated rings. The van der Waals surface area contributed by atoms with E-state index in [4.69, 9.17) is 11.0 Å². The van der Waals surface area contributed by atoms with Crippen LogP contribution in [0.15, 0.2) is 18.2 Å². The molecule has 0 aliphatic heterocycles. The van der Waals surface area contributed by atoms with Gasteiger partial charge in [0.2, 0.25) is 0 Å². The average molecular weight is 245 g/mol. The zero-order valence-electron chi connectivity index (χ0n) is 11.5. The Morgan fingerprint density at radius 2 is 2.00 bits per heavy atom. The van der Waals surface area contributed by atoms with E-state index < -0.39 is 0 Å². The van der Waals surface area contributed by atoms with Crippen molar-refractivity contribution in [2.75, 3.05) is 11.1 Å². The van der Waals surface area contributed by atoms with Crippen molar-refractivity contribution in [3.63, 3.8) is 0 Å². The monoisotopic (exact) mass is 245 g/mol. The Balaban J connectivity index is 2.53. The summed E-state index contributed by atoms with van der Waals surface area (Å²) in [6, 6.07) is 7.84. The molecule has 0 radical (unpaired) electrons. The molecule has 0 saturated heterocycles.